The Kier molecular flexibility index (Phi) is 3.93. The first-order valence-corrected chi connectivity index (χ1v) is 6.39. The maximum atomic E-state index is 11.6. The van der Waals surface area contributed by atoms with Crippen molar-refractivity contribution in [2.45, 2.75) is 39.0 Å². The second kappa shape index (κ2) is 5.32. The second-order valence-electron chi connectivity index (χ2n) is 5.59. The lowest BCUT2D eigenvalue weighted by Gasteiger charge is -2.41. The molecule has 0 radical (unpaired) electrons. The Bertz CT molecular complexity index is 456. The average molecular weight is 267 g/mol. The van der Waals surface area contributed by atoms with Gasteiger partial charge in [-0.3, -0.25) is 15.1 Å². The maximum Gasteiger partial charge on any atom is 0.268 e. The van der Waals surface area contributed by atoms with Gasteiger partial charge in [-0.25, -0.2) is 5.84 Å². The zero-order chi connectivity index (χ0) is 14.0. The molecule has 0 aromatic carbocycles. The summed E-state index contributed by atoms with van der Waals surface area (Å²) in [4.78, 5) is 13.8. The van der Waals surface area contributed by atoms with Crippen LogP contribution in [0.25, 0.3) is 0 Å². The van der Waals surface area contributed by atoms with Gasteiger partial charge in [0.05, 0.1) is 30.1 Å². The standard InChI is InChI=1S/C13H21N3O3/c1-9-6-16(8-13(2,3)19-9)7-11-10(4-5-18-11)12(17)15-14/h4-5,9H,6-8,14H2,1-3H3,(H,15,17). The van der Waals surface area contributed by atoms with Crippen molar-refractivity contribution in [3.05, 3.63) is 23.7 Å². The third kappa shape index (κ3) is 3.34. The van der Waals surface area contributed by atoms with Crippen molar-refractivity contribution < 1.29 is 13.9 Å². The minimum absolute atomic E-state index is 0.158. The first kappa shape index (κ1) is 14.0. The van der Waals surface area contributed by atoms with Crippen molar-refractivity contribution in [1.29, 1.82) is 0 Å². The number of carbonyl (C=O) groups excluding carboxylic acids is 1. The Labute approximate surface area is 112 Å². The van der Waals surface area contributed by atoms with Gasteiger partial charge < -0.3 is 9.15 Å². The van der Waals surface area contributed by atoms with Crippen molar-refractivity contribution in [3.63, 3.8) is 0 Å². The van der Waals surface area contributed by atoms with Crippen LogP contribution in [0.2, 0.25) is 0 Å². The largest absolute Gasteiger partial charge is 0.467 e. The fourth-order valence-corrected chi connectivity index (χ4v) is 2.65. The zero-order valence-electron chi connectivity index (χ0n) is 11.6. The molecule has 0 saturated carbocycles. The Balaban J connectivity index is 2.09. The van der Waals surface area contributed by atoms with E-state index in [-0.39, 0.29) is 17.6 Å². The monoisotopic (exact) mass is 267 g/mol. The van der Waals surface area contributed by atoms with Crippen LogP contribution < -0.4 is 11.3 Å². The molecule has 1 unspecified atom stereocenters. The fourth-order valence-electron chi connectivity index (χ4n) is 2.65. The van der Waals surface area contributed by atoms with Gasteiger partial charge in [-0.2, -0.15) is 0 Å². The van der Waals surface area contributed by atoms with Gasteiger partial charge in [-0.05, 0) is 26.8 Å². The molecule has 2 heterocycles. The maximum absolute atomic E-state index is 11.6. The van der Waals surface area contributed by atoms with Crippen LogP contribution >= 0.6 is 0 Å². The molecule has 6 heteroatoms. The molecule has 1 fully saturated rings. The highest BCUT2D eigenvalue weighted by Crippen LogP contribution is 2.23. The molecular weight excluding hydrogens is 246 g/mol. The summed E-state index contributed by atoms with van der Waals surface area (Å²) in [5.41, 5.74) is 2.42. The van der Waals surface area contributed by atoms with Gasteiger partial charge in [-0.1, -0.05) is 0 Å². The number of nitrogens with two attached hydrogens (primary N) is 1. The van der Waals surface area contributed by atoms with E-state index in [0.29, 0.717) is 17.9 Å². The molecule has 6 nitrogen and oxygen atoms in total. The molecule has 1 amide bonds. The molecule has 1 atom stereocenters. The van der Waals surface area contributed by atoms with Crippen LogP contribution in [0.3, 0.4) is 0 Å². The highest BCUT2D eigenvalue weighted by atomic mass is 16.5. The number of morpholine rings is 1. The van der Waals surface area contributed by atoms with Gasteiger partial charge in [0.25, 0.3) is 5.91 Å². The number of nitrogens with zero attached hydrogens (tertiary/aromatic N) is 1. The van der Waals surface area contributed by atoms with Crippen molar-refractivity contribution >= 4 is 5.91 Å². The van der Waals surface area contributed by atoms with Crippen LogP contribution in [0.4, 0.5) is 0 Å². The smallest absolute Gasteiger partial charge is 0.268 e. The van der Waals surface area contributed by atoms with Crippen molar-refractivity contribution in [3.8, 4) is 0 Å². The Morgan fingerprint density at radius 1 is 1.63 bits per heavy atom. The van der Waals surface area contributed by atoms with E-state index in [1.165, 1.54) is 6.26 Å². The van der Waals surface area contributed by atoms with Crippen LogP contribution in [0.5, 0.6) is 0 Å². The second-order valence-corrected chi connectivity index (χ2v) is 5.59. The predicted molar refractivity (Wildman–Crippen MR) is 70.3 cm³/mol. The van der Waals surface area contributed by atoms with Crippen molar-refractivity contribution in [2.75, 3.05) is 13.1 Å². The van der Waals surface area contributed by atoms with Gasteiger partial charge >= 0.3 is 0 Å². The minimum Gasteiger partial charge on any atom is -0.467 e. The lowest BCUT2D eigenvalue weighted by molar-refractivity contribution is -0.131. The molecule has 0 spiro atoms. The normalized spacial score (nSPS) is 23.3. The average Bonchev–Trinajstić information content (AvgIpc) is 2.73. The topological polar surface area (TPSA) is 80.7 Å². The molecule has 0 aliphatic carbocycles. The summed E-state index contributed by atoms with van der Waals surface area (Å²) in [5, 5.41) is 0. The fraction of sp³-hybridized carbons (Fsp3) is 0.615. The van der Waals surface area contributed by atoms with E-state index >= 15 is 0 Å². The molecule has 2 rings (SSSR count). The van der Waals surface area contributed by atoms with Crippen LogP contribution in [-0.2, 0) is 11.3 Å². The number of rotatable bonds is 3. The predicted octanol–water partition coefficient (Wildman–Crippen LogP) is 0.882. The molecule has 1 aliphatic heterocycles. The first-order chi connectivity index (χ1) is 8.91. The minimum atomic E-state index is -0.329. The molecule has 106 valence electrons. The van der Waals surface area contributed by atoms with E-state index < -0.39 is 0 Å². The molecule has 0 bridgehead atoms. The highest BCUT2D eigenvalue weighted by molar-refractivity contribution is 5.94. The molecular formula is C13H21N3O3. The van der Waals surface area contributed by atoms with Crippen LogP contribution in [0, 0.1) is 0 Å². The van der Waals surface area contributed by atoms with Gasteiger partial charge in [0.2, 0.25) is 0 Å². The Hall–Kier alpha value is -1.37. The lowest BCUT2D eigenvalue weighted by atomic mass is 10.1. The zero-order valence-corrected chi connectivity index (χ0v) is 11.6. The summed E-state index contributed by atoms with van der Waals surface area (Å²) >= 11 is 0. The molecule has 1 aromatic rings. The number of hydrazine groups is 1. The van der Waals surface area contributed by atoms with E-state index in [9.17, 15) is 4.79 Å². The van der Waals surface area contributed by atoms with E-state index in [2.05, 4.69) is 24.2 Å². The number of ether oxygens (including phenoxy) is 1. The van der Waals surface area contributed by atoms with Crippen LogP contribution in [-0.4, -0.2) is 35.6 Å². The van der Waals surface area contributed by atoms with Gasteiger partial charge in [0, 0.05) is 13.1 Å². The molecule has 1 saturated heterocycles. The lowest BCUT2D eigenvalue weighted by Crippen LogP contribution is -2.51. The van der Waals surface area contributed by atoms with Gasteiger partial charge in [-0.15, -0.1) is 0 Å². The Morgan fingerprint density at radius 3 is 3.00 bits per heavy atom. The highest BCUT2D eigenvalue weighted by Gasteiger charge is 2.32. The third-order valence-corrected chi connectivity index (χ3v) is 3.13. The number of hydrogen-bond donors (Lipinski definition) is 2. The SMILES string of the molecule is CC1CN(Cc2occc2C(=O)NN)CC(C)(C)O1. The third-order valence-electron chi connectivity index (χ3n) is 3.13. The number of nitrogens with one attached hydrogen (secondary N) is 1. The van der Waals surface area contributed by atoms with Crippen LogP contribution in [0.15, 0.2) is 16.7 Å². The first-order valence-electron chi connectivity index (χ1n) is 6.39. The molecule has 3 N–H and O–H groups in total. The summed E-state index contributed by atoms with van der Waals surface area (Å²) in [6, 6.07) is 1.63. The number of carbonyl (C=O) groups is 1. The van der Waals surface area contributed by atoms with E-state index in [4.69, 9.17) is 15.0 Å². The summed E-state index contributed by atoms with van der Waals surface area (Å²) in [6.45, 7) is 8.35. The van der Waals surface area contributed by atoms with Gasteiger partial charge in [0.15, 0.2) is 0 Å². The Morgan fingerprint density at radius 2 is 2.37 bits per heavy atom. The number of furan rings is 1. The van der Waals surface area contributed by atoms with Crippen LogP contribution in [0.1, 0.15) is 36.9 Å². The summed E-state index contributed by atoms with van der Waals surface area (Å²) in [5.74, 6) is 5.46. The van der Waals surface area contributed by atoms with Crippen molar-refractivity contribution in [1.82, 2.24) is 10.3 Å². The number of amides is 1. The van der Waals surface area contributed by atoms with E-state index in [1.54, 1.807) is 6.07 Å². The molecule has 19 heavy (non-hydrogen) atoms. The van der Waals surface area contributed by atoms with E-state index in [0.717, 1.165) is 13.1 Å². The number of hydrogen-bond acceptors (Lipinski definition) is 5. The van der Waals surface area contributed by atoms with E-state index in [1.807, 2.05) is 6.92 Å². The van der Waals surface area contributed by atoms with Crippen molar-refractivity contribution in [2.24, 2.45) is 5.84 Å². The quantitative estimate of drug-likeness (QED) is 0.483. The van der Waals surface area contributed by atoms with Gasteiger partial charge in [0.1, 0.15) is 5.76 Å². The number of nitrogen functional groups attached to an aromatic ring is 1. The molecule has 1 aliphatic rings. The summed E-state index contributed by atoms with van der Waals surface area (Å²) in [6.07, 6.45) is 1.67. The summed E-state index contributed by atoms with van der Waals surface area (Å²) in [7, 11) is 0. The summed E-state index contributed by atoms with van der Waals surface area (Å²) < 4.78 is 11.2. The molecule has 1 aromatic heterocycles.